The third-order valence-electron chi connectivity index (χ3n) is 7.75. The summed E-state index contributed by atoms with van der Waals surface area (Å²) in [7, 11) is 0. The molecule has 0 aliphatic rings. The molecule has 5 aromatic rings. The fourth-order valence-corrected chi connectivity index (χ4v) is 5.30. The van der Waals surface area contributed by atoms with E-state index in [0.717, 1.165) is 46.1 Å². The van der Waals surface area contributed by atoms with Crippen LogP contribution in [0.3, 0.4) is 0 Å². The molecule has 0 aliphatic carbocycles. The van der Waals surface area contributed by atoms with Crippen LogP contribution >= 0.6 is 0 Å². The van der Waals surface area contributed by atoms with Crippen molar-refractivity contribution in [2.75, 3.05) is 0 Å². The van der Waals surface area contributed by atoms with Gasteiger partial charge in [-0.2, -0.15) is 0 Å². The van der Waals surface area contributed by atoms with Gasteiger partial charge < -0.3 is 15.0 Å². The van der Waals surface area contributed by atoms with Gasteiger partial charge in [0.1, 0.15) is 0 Å². The highest BCUT2D eigenvalue weighted by Gasteiger charge is 2.16. The molecule has 5 rings (SSSR count). The summed E-state index contributed by atoms with van der Waals surface area (Å²) in [6.45, 7) is 6.94. The highest BCUT2D eigenvalue weighted by atomic mass is 16.4. The molecule has 1 unspecified atom stereocenters. The van der Waals surface area contributed by atoms with Gasteiger partial charge in [-0.05, 0) is 85.7 Å². The van der Waals surface area contributed by atoms with Crippen LogP contribution in [0.2, 0.25) is 0 Å². The second-order valence-corrected chi connectivity index (χ2v) is 10.5. The van der Waals surface area contributed by atoms with Gasteiger partial charge in [0.25, 0.3) is 5.91 Å². The maximum absolute atomic E-state index is 13.1. The number of aromatic nitrogens is 1. The number of fused-ring (bicyclic) bond motifs is 1. The molecule has 0 bridgehead atoms. The molecular formula is C35H34N2O3. The fourth-order valence-electron chi connectivity index (χ4n) is 5.30. The van der Waals surface area contributed by atoms with Crippen molar-refractivity contribution >= 4 is 22.8 Å². The summed E-state index contributed by atoms with van der Waals surface area (Å²) in [5.74, 6) is -0.983. The van der Waals surface area contributed by atoms with E-state index in [1.54, 1.807) is 12.1 Å². The number of carboxylic acids is 1. The lowest BCUT2D eigenvalue weighted by atomic mass is 9.99. The first-order valence-corrected chi connectivity index (χ1v) is 13.7. The summed E-state index contributed by atoms with van der Waals surface area (Å²) in [6, 6.07) is 31.5. The van der Waals surface area contributed by atoms with E-state index in [2.05, 4.69) is 42.8 Å². The third kappa shape index (κ3) is 5.69. The Hall–Kier alpha value is -4.64. The number of nitrogens with one attached hydrogen (secondary N) is 1. The predicted octanol–water partition coefficient (Wildman–Crippen LogP) is 7.42. The van der Waals surface area contributed by atoms with Gasteiger partial charge in [-0.1, -0.05) is 72.8 Å². The van der Waals surface area contributed by atoms with Gasteiger partial charge in [0, 0.05) is 34.7 Å². The summed E-state index contributed by atoms with van der Waals surface area (Å²) in [5, 5.41) is 13.8. The molecule has 0 saturated heterocycles. The molecule has 0 fully saturated rings. The molecule has 0 saturated carbocycles. The quantitative estimate of drug-likeness (QED) is 0.208. The lowest BCUT2D eigenvalue weighted by Crippen LogP contribution is -2.32. The first-order valence-electron chi connectivity index (χ1n) is 13.7. The number of carbonyl (C=O) groups excluding carboxylic acids is 1. The van der Waals surface area contributed by atoms with Gasteiger partial charge in [0.15, 0.2) is 0 Å². The van der Waals surface area contributed by atoms with Crippen molar-refractivity contribution in [2.45, 2.75) is 46.2 Å². The zero-order chi connectivity index (χ0) is 28.2. The van der Waals surface area contributed by atoms with Crippen LogP contribution < -0.4 is 5.32 Å². The van der Waals surface area contributed by atoms with Crippen LogP contribution in [0.4, 0.5) is 0 Å². The first-order chi connectivity index (χ1) is 19.3. The van der Waals surface area contributed by atoms with E-state index in [-0.39, 0.29) is 11.9 Å². The Kier molecular flexibility index (Phi) is 7.83. The Morgan fingerprint density at radius 3 is 2.27 bits per heavy atom. The number of hydrogen-bond donors (Lipinski definition) is 2. The molecule has 1 atom stereocenters. The topological polar surface area (TPSA) is 71.3 Å². The van der Waals surface area contributed by atoms with E-state index >= 15 is 0 Å². The van der Waals surface area contributed by atoms with Crippen LogP contribution in [0.15, 0.2) is 97.1 Å². The summed E-state index contributed by atoms with van der Waals surface area (Å²) in [6.07, 6.45) is 1.81. The van der Waals surface area contributed by atoms with Crippen LogP contribution in [-0.4, -0.2) is 27.6 Å². The monoisotopic (exact) mass is 530 g/mol. The molecule has 1 amide bonds. The van der Waals surface area contributed by atoms with Crippen LogP contribution in [-0.2, 0) is 13.0 Å². The molecule has 2 N–H and O–H groups in total. The molecule has 0 radical (unpaired) electrons. The molecule has 202 valence electrons. The smallest absolute Gasteiger partial charge is 0.336 e. The highest BCUT2D eigenvalue weighted by Crippen LogP contribution is 2.29. The van der Waals surface area contributed by atoms with E-state index in [0.29, 0.717) is 23.2 Å². The van der Waals surface area contributed by atoms with Gasteiger partial charge in [0.2, 0.25) is 0 Å². The number of rotatable bonds is 9. The predicted molar refractivity (Wildman–Crippen MR) is 161 cm³/mol. The molecule has 40 heavy (non-hydrogen) atoms. The van der Waals surface area contributed by atoms with E-state index in [1.165, 1.54) is 5.56 Å². The van der Waals surface area contributed by atoms with Crippen molar-refractivity contribution in [2.24, 2.45) is 0 Å². The van der Waals surface area contributed by atoms with Crippen molar-refractivity contribution in [3.63, 3.8) is 0 Å². The SMILES string of the molecule is Cc1c(C)n(Cc2ccc(-c3ccccc3C(=O)O)cc2)c2ccc(C(=O)NC(C)CCc3ccccc3)cc12. The minimum Gasteiger partial charge on any atom is -0.478 e. The number of amides is 1. The molecule has 5 heteroatoms. The second kappa shape index (κ2) is 11.6. The standard InChI is InChI=1S/C35H34N2O3/c1-23(13-14-26-9-5-4-6-10-26)36-34(38)29-19-20-33-32(21-29)24(2)25(3)37(33)22-27-15-17-28(18-16-27)30-11-7-8-12-31(30)35(39)40/h4-12,15-21,23H,13-14,22H2,1-3H3,(H,36,38)(H,39,40). The molecule has 0 spiro atoms. The second-order valence-electron chi connectivity index (χ2n) is 10.5. The van der Waals surface area contributed by atoms with Gasteiger partial charge in [0.05, 0.1) is 5.56 Å². The molecule has 5 nitrogen and oxygen atoms in total. The van der Waals surface area contributed by atoms with E-state index in [4.69, 9.17) is 0 Å². The Balaban J connectivity index is 1.32. The number of nitrogens with zero attached hydrogens (tertiary/aromatic N) is 1. The normalized spacial score (nSPS) is 11.9. The van der Waals surface area contributed by atoms with Crippen molar-refractivity contribution in [3.05, 3.63) is 131 Å². The van der Waals surface area contributed by atoms with Crippen LogP contribution in [0.1, 0.15) is 56.4 Å². The lowest BCUT2D eigenvalue weighted by Gasteiger charge is -2.14. The van der Waals surface area contributed by atoms with Crippen LogP contribution in [0.25, 0.3) is 22.0 Å². The average Bonchev–Trinajstić information content (AvgIpc) is 3.21. The third-order valence-corrected chi connectivity index (χ3v) is 7.75. The Labute approximate surface area is 235 Å². The van der Waals surface area contributed by atoms with Crippen LogP contribution in [0, 0.1) is 13.8 Å². The molecule has 1 heterocycles. The van der Waals surface area contributed by atoms with Gasteiger partial charge in [-0.25, -0.2) is 4.79 Å². The largest absolute Gasteiger partial charge is 0.478 e. The average molecular weight is 531 g/mol. The molecular weight excluding hydrogens is 496 g/mol. The summed E-state index contributed by atoms with van der Waals surface area (Å²) < 4.78 is 2.27. The Morgan fingerprint density at radius 2 is 1.55 bits per heavy atom. The molecule has 1 aromatic heterocycles. The minimum absolute atomic E-state index is 0.0514. The number of benzene rings is 4. The van der Waals surface area contributed by atoms with Crippen molar-refractivity contribution < 1.29 is 14.7 Å². The number of aryl methyl sites for hydroxylation is 2. The lowest BCUT2D eigenvalue weighted by molar-refractivity contribution is 0.0697. The van der Waals surface area contributed by atoms with Crippen molar-refractivity contribution in [1.29, 1.82) is 0 Å². The van der Waals surface area contributed by atoms with Crippen molar-refractivity contribution in [3.8, 4) is 11.1 Å². The van der Waals surface area contributed by atoms with E-state index in [9.17, 15) is 14.7 Å². The number of aromatic carboxylic acids is 1. The van der Waals surface area contributed by atoms with Gasteiger partial charge in [-0.3, -0.25) is 4.79 Å². The van der Waals surface area contributed by atoms with Crippen LogP contribution in [0.5, 0.6) is 0 Å². The minimum atomic E-state index is -0.931. The summed E-state index contributed by atoms with van der Waals surface area (Å²) in [5.41, 5.74) is 8.34. The molecule has 4 aromatic carbocycles. The fraction of sp³-hybridized carbons (Fsp3) is 0.200. The summed E-state index contributed by atoms with van der Waals surface area (Å²) >= 11 is 0. The molecule has 0 aliphatic heterocycles. The Morgan fingerprint density at radius 1 is 0.850 bits per heavy atom. The number of carbonyl (C=O) groups is 2. The zero-order valence-corrected chi connectivity index (χ0v) is 23.1. The number of hydrogen-bond acceptors (Lipinski definition) is 2. The first kappa shape index (κ1) is 26.9. The van der Waals surface area contributed by atoms with E-state index in [1.807, 2.05) is 72.8 Å². The summed E-state index contributed by atoms with van der Waals surface area (Å²) in [4.78, 5) is 24.7. The maximum Gasteiger partial charge on any atom is 0.336 e. The Bertz CT molecular complexity index is 1670. The van der Waals surface area contributed by atoms with Gasteiger partial charge in [-0.15, -0.1) is 0 Å². The van der Waals surface area contributed by atoms with Gasteiger partial charge >= 0.3 is 5.97 Å². The highest BCUT2D eigenvalue weighted by molar-refractivity contribution is 5.99. The van der Waals surface area contributed by atoms with E-state index < -0.39 is 5.97 Å². The maximum atomic E-state index is 13.1. The number of carboxylic acid groups (broad SMARTS) is 1. The van der Waals surface area contributed by atoms with Crippen molar-refractivity contribution in [1.82, 2.24) is 9.88 Å². The zero-order valence-electron chi connectivity index (χ0n) is 23.1.